The molecule has 0 aliphatic rings. The van der Waals surface area contributed by atoms with Gasteiger partial charge in [-0.3, -0.25) is 0 Å². The van der Waals surface area contributed by atoms with Gasteiger partial charge in [-0.2, -0.15) is 0 Å². The molecule has 0 spiro atoms. The summed E-state index contributed by atoms with van der Waals surface area (Å²) in [5, 5.41) is 2.95. The maximum absolute atomic E-state index is 13.5. The highest BCUT2D eigenvalue weighted by atomic mass is 79.9. The Balaban J connectivity index is 2.11. The summed E-state index contributed by atoms with van der Waals surface area (Å²) >= 11 is 3.28. The van der Waals surface area contributed by atoms with Gasteiger partial charge in [0.05, 0.1) is 5.69 Å². The predicted molar refractivity (Wildman–Crippen MR) is 72.6 cm³/mol. The lowest BCUT2D eigenvalue weighted by Gasteiger charge is -2.09. The van der Waals surface area contributed by atoms with Gasteiger partial charge < -0.3 is 5.32 Å². The van der Waals surface area contributed by atoms with E-state index in [-0.39, 0.29) is 11.6 Å². The lowest BCUT2D eigenvalue weighted by molar-refractivity contribution is 0.616. The van der Waals surface area contributed by atoms with Crippen molar-refractivity contribution in [1.29, 1.82) is 0 Å². The Morgan fingerprint density at radius 3 is 2.56 bits per heavy atom. The van der Waals surface area contributed by atoms with Gasteiger partial charge in [0.25, 0.3) is 0 Å². The molecule has 2 rings (SSSR count). The normalized spacial score (nSPS) is 10.4. The molecule has 1 N–H and O–H groups in total. The second-order valence-corrected chi connectivity index (χ2v) is 4.98. The van der Waals surface area contributed by atoms with E-state index in [1.54, 1.807) is 25.1 Å². The van der Waals surface area contributed by atoms with Crippen molar-refractivity contribution in [3.05, 3.63) is 63.6 Å². The molecule has 0 amide bonds. The van der Waals surface area contributed by atoms with E-state index in [4.69, 9.17) is 0 Å². The number of rotatable bonds is 3. The van der Waals surface area contributed by atoms with Crippen LogP contribution in [-0.4, -0.2) is 0 Å². The quantitative estimate of drug-likeness (QED) is 0.870. The van der Waals surface area contributed by atoms with Crippen LogP contribution in [0, 0.1) is 18.6 Å². The van der Waals surface area contributed by atoms with Crippen molar-refractivity contribution in [2.45, 2.75) is 13.5 Å². The van der Waals surface area contributed by atoms with Crippen LogP contribution in [0.2, 0.25) is 0 Å². The lowest BCUT2D eigenvalue weighted by Crippen LogP contribution is -2.02. The molecule has 94 valence electrons. The third-order valence-electron chi connectivity index (χ3n) is 2.65. The summed E-state index contributed by atoms with van der Waals surface area (Å²) in [6.07, 6.45) is 0. The maximum atomic E-state index is 13.5. The van der Waals surface area contributed by atoms with Gasteiger partial charge in [-0.25, -0.2) is 8.78 Å². The van der Waals surface area contributed by atoms with Crippen LogP contribution in [0.4, 0.5) is 14.5 Å². The van der Waals surface area contributed by atoms with Crippen molar-refractivity contribution in [3.63, 3.8) is 0 Å². The van der Waals surface area contributed by atoms with E-state index < -0.39 is 0 Å². The SMILES string of the molecule is Cc1ccc(CNc2cc(Br)ccc2F)cc1F. The molecule has 1 nitrogen and oxygen atoms in total. The summed E-state index contributed by atoms with van der Waals surface area (Å²) in [4.78, 5) is 0. The van der Waals surface area contributed by atoms with E-state index in [9.17, 15) is 8.78 Å². The largest absolute Gasteiger partial charge is 0.379 e. The Kier molecular flexibility index (Phi) is 3.97. The molecule has 4 heteroatoms. The van der Waals surface area contributed by atoms with Crippen LogP contribution in [0.1, 0.15) is 11.1 Å². The van der Waals surface area contributed by atoms with Crippen LogP contribution in [-0.2, 0) is 6.54 Å². The van der Waals surface area contributed by atoms with Gasteiger partial charge in [0, 0.05) is 11.0 Å². The van der Waals surface area contributed by atoms with E-state index in [1.165, 1.54) is 12.1 Å². The Hall–Kier alpha value is -1.42. The Morgan fingerprint density at radius 1 is 1.06 bits per heavy atom. The van der Waals surface area contributed by atoms with Crippen LogP contribution < -0.4 is 5.32 Å². The Morgan fingerprint density at radius 2 is 1.83 bits per heavy atom. The number of aryl methyl sites for hydroxylation is 1. The highest BCUT2D eigenvalue weighted by Crippen LogP contribution is 2.21. The van der Waals surface area contributed by atoms with E-state index >= 15 is 0 Å². The van der Waals surface area contributed by atoms with Crippen molar-refractivity contribution in [2.75, 3.05) is 5.32 Å². The molecule has 18 heavy (non-hydrogen) atoms. The standard InChI is InChI=1S/C14H12BrF2N/c1-9-2-3-10(6-13(9)17)8-18-14-7-11(15)4-5-12(14)16/h2-7,18H,8H2,1H3. The third-order valence-corrected chi connectivity index (χ3v) is 3.14. The zero-order chi connectivity index (χ0) is 13.1. The maximum Gasteiger partial charge on any atom is 0.146 e. The fourth-order valence-electron chi connectivity index (χ4n) is 1.58. The summed E-state index contributed by atoms with van der Waals surface area (Å²) in [7, 11) is 0. The topological polar surface area (TPSA) is 12.0 Å². The second-order valence-electron chi connectivity index (χ2n) is 4.06. The van der Waals surface area contributed by atoms with Crippen molar-refractivity contribution in [1.82, 2.24) is 0 Å². The van der Waals surface area contributed by atoms with Gasteiger partial charge in [-0.1, -0.05) is 28.1 Å². The smallest absolute Gasteiger partial charge is 0.146 e. The number of nitrogens with one attached hydrogen (secondary N) is 1. The number of hydrogen-bond donors (Lipinski definition) is 1. The van der Waals surface area contributed by atoms with Crippen LogP contribution >= 0.6 is 15.9 Å². The van der Waals surface area contributed by atoms with Crippen molar-refractivity contribution >= 4 is 21.6 Å². The molecular weight excluding hydrogens is 300 g/mol. The highest BCUT2D eigenvalue weighted by molar-refractivity contribution is 9.10. The average Bonchev–Trinajstić information content (AvgIpc) is 2.34. The molecule has 0 bridgehead atoms. The fourth-order valence-corrected chi connectivity index (χ4v) is 1.94. The molecule has 2 aromatic carbocycles. The molecule has 0 atom stereocenters. The molecular formula is C14H12BrF2N. The van der Waals surface area contributed by atoms with E-state index in [0.29, 0.717) is 17.8 Å². The first-order valence-electron chi connectivity index (χ1n) is 5.50. The van der Waals surface area contributed by atoms with Crippen LogP contribution in [0.5, 0.6) is 0 Å². The van der Waals surface area contributed by atoms with Gasteiger partial charge in [0.15, 0.2) is 0 Å². The average molecular weight is 312 g/mol. The summed E-state index contributed by atoms with van der Waals surface area (Å²) in [5.74, 6) is -0.574. The lowest BCUT2D eigenvalue weighted by atomic mass is 10.1. The van der Waals surface area contributed by atoms with Crippen LogP contribution in [0.3, 0.4) is 0 Å². The molecule has 0 aromatic heterocycles. The van der Waals surface area contributed by atoms with E-state index in [2.05, 4.69) is 21.2 Å². The number of benzene rings is 2. The minimum Gasteiger partial charge on any atom is -0.379 e. The van der Waals surface area contributed by atoms with Gasteiger partial charge in [0.2, 0.25) is 0 Å². The van der Waals surface area contributed by atoms with E-state index in [1.807, 2.05) is 6.07 Å². The van der Waals surface area contributed by atoms with E-state index in [0.717, 1.165) is 10.0 Å². The number of anilines is 1. The first-order valence-corrected chi connectivity index (χ1v) is 6.29. The summed E-state index contributed by atoms with van der Waals surface area (Å²) < 4.78 is 27.6. The Bertz CT molecular complexity index is 570. The summed E-state index contributed by atoms with van der Waals surface area (Å²) in [6.45, 7) is 2.09. The van der Waals surface area contributed by atoms with Gasteiger partial charge in [-0.15, -0.1) is 0 Å². The zero-order valence-electron chi connectivity index (χ0n) is 9.81. The minimum atomic E-state index is -0.328. The fraction of sp³-hybridized carbons (Fsp3) is 0.143. The first kappa shape index (κ1) is 13.0. The minimum absolute atomic E-state index is 0.246. The molecule has 0 aliphatic heterocycles. The first-order chi connectivity index (χ1) is 8.56. The Labute approximate surface area is 113 Å². The van der Waals surface area contributed by atoms with Gasteiger partial charge >= 0.3 is 0 Å². The molecule has 2 aromatic rings. The predicted octanol–water partition coefficient (Wildman–Crippen LogP) is 4.65. The van der Waals surface area contributed by atoms with Gasteiger partial charge in [0.1, 0.15) is 11.6 Å². The van der Waals surface area contributed by atoms with Gasteiger partial charge in [-0.05, 0) is 42.3 Å². The zero-order valence-corrected chi connectivity index (χ0v) is 11.4. The monoisotopic (exact) mass is 311 g/mol. The second kappa shape index (κ2) is 5.48. The molecule has 0 saturated heterocycles. The molecule has 0 unspecified atom stereocenters. The molecule has 0 fully saturated rings. The van der Waals surface area contributed by atoms with Crippen molar-refractivity contribution in [3.8, 4) is 0 Å². The molecule has 0 saturated carbocycles. The summed E-state index contributed by atoms with van der Waals surface area (Å²) in [5.41, 5.74) is 1.77. The number of hydrogen-bond acceptors (Lipinski definition) is 1. The highest BCUT2D eigenvalue weighted by Gasteiger charge is 2.03. The van der Waals surface area contributed by atoms with Crippen molar-refractivity contribution < 1.29 is 8.78 Å². The molecule has 0 heterocycles. The molecule has 0 radical (unpaired) electrons. The van der Waals surface area contributed by atoms with Crippen LogP contribution in [0.25, 0.3) is 0 Å². The van der Waals surface area contributed by atoms with Crippen LogP contribution in [0.15, 0.2) is 40.9 Å². The number of halogens is 3. The van der Waals surface area contributed by atoms with Crippen molar-refractivity contribution in [2.24, 2.45) is 0 Å². The summed E-state index contributed by atoms with van der Waals surface area (Å²) in [6, 6.07) is 9.65. The third kappa shape index (κ3) is 3.07. The molecule has 0 aliphatic carbocycles.